The summed E-state index contributed by atoms with van der Waals surface area (Å²) in [6.45, 7) is 0.917. The topological polar surface area (TPSA) is 111 Å². The van der Waals surface area contributed by atoms with Crippen molar-refractivity contribution in [2.24, 2.45) is 9.98 Å². The number of benzene rings is 2. The molecule has 0 atom stereocenters. The van der Waals surface area contributed by atoms with E-state index >= 15 is 0 Å². The zero-order valence-electron chi connectivity index (χ0n) is 13.3. The van der Waals surface area contributed by atoms with Crippen molar-refractivity contribution in [1.82, 2.24) is 0 Å². The van der Waals surface area contributed by atoms with Gasteiger partial charge < -0.3 is 0 Å². The molecule has 0 aliphatic rings. The van der Waals surface area contributed by atoms with E-state index in [2.05, 4.69) is 9.98 Å². The number of nitro groups is 2. The minimum atomic E-state index is -0.446. The molecule has 2 aromatic carbocycles. The Kier molecular flexibility index (Phi) is 6.47. The lowest BCUT2D eigenvalue weighted by Crippen LogP contribution is -1.96. The van der Waals surface area contributed by atoms with Crippen molar-refractivity contribution in [2.45, 2.75) is 6.42 Å². The van der Waals surface area contributed by atoms with Crippen molar-refractivity contribution in [3.63, 3.8) is 0 Å². The van der Waals surface area contributed by atoms with Gasteiger partial charge in [0.15, 0.2) is 0 Å². The van der Waals surface area contributed by atoms with Crippen molar-refractivity contribution in [3.8, 4) is 0 Å². The smallest absolute Gasteiger partial charge is 0.278 e. The number of rotatable bonds is 8. The van der Waals surface area contributed by atoms with E-state index in [1.807, 2.05) is 0 Å². The molecular weight excluding hydrogens is 324 g/mol. The zero-order chi connectivity index (χ0) is 18.1. The number of hydrogen-bond acceptors (Lipinski definition) is 6. The molecule has 2 aromatic rings. The van der Waals surface area contributed by atoms with Crippen LogP contribution in [0.3, 0.4) is 0 Å². The highest BCUT2D eigenvalue weighted by Gasteiger charge is 2.10. The minimum Gasteiger partial charge on any atom is -0.292 e. The van der Waals surface area contributed by atoms with Gasteiger partial charge in [0.1, 0.15) is 0 Å². The molecule has 0 aromatic heterocycles. The Hall–Kier alpha value is -3.42. The highest BCUT2D eigenvalue weighted by molar-refractivity contribution is 5.85. The molecule has 0 unspecified atom stereocenters. The molecule has 2 rings (SSSR count). The van der Waals surface area contributed by atoms with Crippen LogP contribution in [-0.4, -0.2) is 35.4 Å². The maximum Gasteiger partial charge on any atom is 0.278 e. The molecule has 0 N–H and O–H groups in total. The number of aliphatic imine (C=N–C) groups is 2. The van der Waals surface area contributed by atoms with Gasteiger partial charge in [0, 0.05) is 37.7 Å². The zero-order valence-corrected chi connectivity index (χ0v) is 13.3. The second kappa shape index (κ2) is 9.02. The van der Waals surface area contributed by atoms with Gasteiger partial charge in [-0.15, -0.1) is 0 Å². The first-order valence-electron chi connectivity index (χ1n) is 7.56. The molecule has 0 saturated carbocycles. The molecule has 0 bridgehead atoms. The molecule has 0 heterocycles. The normalized spacial score (nSPS) is 11.2. The van der Waals surface area contributed by atoms with Gasteiger partial charge in [-0.05, 0) is 18.6 Å². The molecule has 0 fully saturated rings. The number of nitrogens with zero attached hydrogens (tertiary/aromatic N) is 4. The summed E-state index contributed by atoms with van der Waals surface area (Å²) in [5, 5.41) is 21.8. The minimum absolute atomic E-state index is 0.0145. The third kappa shape index (κ3) is 5.31. The Morgan fingerprint density at radius 1 is 0.760 bits per heavy atom. The fourth-order valence-electron chi connectivity index (χ4n) is 2.11. The molecule has 0 radical (unpaired) electrons. The Balaban J connectivity index is 1.85. The summed E-state index contributed by atoms with van der Waals surface area (Å²) in [4.78, 5) is 29.2. The Labute approximate surface area is 143 Å². The van der Waals surface area contributed by atoms with Gasteiger partial charge in [-0.25, -0.2) is 0 Å². The van der Waals surface area contributed by atoms with Crippen LogP contribution in [-0.2, 0) is 0 Å². The van der Waals surface area contributed by atoms with E-state index in [1.165, 1.54) is 24.6 Å². The standard InChI is InChI=1S/C17H16N4O4/c22-20(23)16-8-3-1-6-14(16)12-18-10-5-11-19-13-15-7-2-4-9-17(15)21(24)25/h1-4,6-9,12-13H,5,10-11H2. The summed E-state index contributed by atoms with van der Waals surface area (Å²) >= 11 is 0. The van der Waals surface area contributed by atoms with Crippen LogP contribution in [0.15, 0.2) is 58.5 Å². The van der Waals surface area contributed by atoms with Crippen LogP contribution >= 0.6 is 0 Å². The van der Waals surface area contributed by atoms with E-state index in [1.54, 1.807) is 36.4 Å². The van der Waals surface area contributed by atoms with E-state index in [0.29, 0.717) is 30.6 Å². The number of nitro benzene ring substituents is 2. The van der Waals surface area contributed by atoms with E-state index in [4.69, 9.17) is 0 Å². The van der Waals surface area contributed by atoms with Crippen molar-refractivity contribution in [1.29, 1.82) is 0 Å². The van der Waals surface area contributed by atoms with Crippen LogP contribution in [0.1, 0.15) is 17.5 Å². The van der Waals surface area contributed by atoms with Gasteiger partial charge in [-0.3, -0.25) is 30.2 Å². The second-order valence-corrected chi connectivity index (χ2v) is 5.06. The van der Waals surface area contributed by atoms with Crippen LogP contribution in [0.4, 0.5) is 11.4 Å². The van der Waals surface area contributed by atoms with E-state index < -0.39 is 9.85 Å². The quantitative estimate of drug-likeness (QED) is 0.317. The van der Waals surface area contributed by atoms with Crippen LogP contribution in [0.5, 0.6) is 0 Å². The predicted octanol–water partition coefficient (Wildman–Crippen LogP) is 3.43. The Morgan fingerprint density at radius 2 is 1.16 bits per heavy atom. The van der Waals surface area contributed by atoms with E-state index in [0.717, 1.165) is 0 Å². The summed E-state index contributed by atoms with van der Waals surface area (Å²) in [7, 11) is 0. The molecule has 128 valence electrons. The molecule has 8 heteroatoms. The summed E-state index contributed by atoms with van der Waals surface area (Å²) in [5.74, 6) is 0. The summed E-state index contributed by atoms with van der Waals surface area (Å²) in [6, 6.07) is 12.8. The lowest BCUT2D eigenvalue weighted by atomic mass is 10.2. The van der Waals surface area contributed by atoms with Crippen molar-refractivity contribution >= 4 is 23.8 Å². The summed E-state index contributed by atoms with van der Waals surface area (Å²) in [5.41, 5.74) is 0.938. The highest BCUT2D eigenvalue weighted by atomic mass is 16.6. The number of para-hydroxylation sites is 2. The van der Waals surface area contributed by atoms with Gasteiger partial charge >= 0.3 is 0 Å². The average Bonchev–Trinajstić information content (AvgIpc) is 2.61. The van der Waals surface area contributed by atoms with E-state index in [9.17, 15) is 20.2 Å². The maximum atomic E-state index is 10.9. The molecular formula is C17H16N4O4. The van der Waals surface area contributed by atoms with Crippen LogP contribution in [0.2, 0.25) is 0 Å². The third-order valence-corrected chi connectivity index (χ3v) is 3.30. The fourth-order valence-corrected chi connectivity index (χ4v) is 2.11. The van der Waals surface area contributed by atoms with Crippen molar-refractivity contribution in [3.05, 3.63) is 79.9 Å². The SMILES string of the molecule is O=[N+]([O-])c1ccccc1C=NCCCN=Cc1ccccc1[N+](=O)[O-]. The first-order chi connectivity index (χ1) is 12.1. The predicted molar refractivity (Wildman–Crippen MR) is 95.7 cm³/mol. The first kappa shape index (κ1) is 17.9. The summed E-state index contributed by atoms with van der Waals surface area (Å²) < 4.78 is 0. The molecule has 0 aliphatic heterocycles. The largest absolute Gasteiger partial charge is 0.292 e. The monoisotopic (exact) mass is 340 g/mol. The molecule has 0 aliphatic carbocycles. The maximum absolute atomic E-state index is 10.9. The van der Waals surface area contributed by atoms with Gasteiger partial charge in [-0.2, -0.15) is 0 Å². The molecule has 8 nitrogen and oxygen atoms in total. The van der Waals surface area contributed by atoms with Gasteiger partial charge in [-0.1, -0.05) is 24.3 Å². The third-order valence-electron chi connectivity index (χ3n) is 3.30. The van der Waals surface area contributed by atoms with E-state index in [-0.39, 0.29) is 11.4 Å². The second-order valence-electron chi connectivity index (χ2n) is 5.06. The fraction of sp³-hybridized carbons (Fsp3) is 0.176. The van der Waals surface area contributed by atoms with Crippen LogP contribution in [0, 0.1) is 20.2 Å². The lowest BCUT2D eigenvalue weighted by molar-refractivity contribution is -0.385. The number of hydrogen-bond donors (Lipinski definition) is 0. The van der Waals surface area contributed by atoms with Gasteiger partial charge in [0.2, 0.25) is 0 Å². The first-order valence-corrected chi connectivity index (χ1v) is 7.56. The van der Waals surface area contributed by atoms with Gasteiger partial charge in [0.05, 0.1) is 21.0 Å². The molecule has 0 spiro atoms. The van der Waals surface area contributed by atoms with Crippen molar-refractivity contribution in [2.75, 3.05) is 13.1 Å². The van der Waals surface area contributed by atoms with Crippen molar-refractivity contribution < 1.29 is 9.85 Å². The highest BCUT2D eigenvalue weighted by Crippen LogP contribution is 2.16. The molecule has 0 saturated heterocycles. The van der Waals surface area contributed by atoms with Crippen LogP contribution in [0.25, 0.3) is 0 Å². The molecule has 25 heavy (non-hydrogen) atoms. The lowest BCUT2D eigenvalue weighted by Gasteiger charge is -1.97. The van der Waals surface area contributed by atoms with Gasteiger partial charge in [0.25, 0.3) is 11.4 Å². The molecule has 0 amide bonds. The Bertz CT molecular complexity index is 750. The Morgan fingerprint density at radius 3 is 1.56 bits per heavy atom. The van der Waals surface area contributed by atoms with Crippen LogP contribution < -0.4 is 0 Å². The average molecular weight is 340 g/mol. The summed E-state index contributed by atoms with van der Waals surface area (Å²) in [6.07, 6.45) is 3.59.